The quantitative estimate of drug-likeness (QED) is 0.698. The molecule has 0 fully saturated rings. The van der Waals surface area contributed by atoms with Gasteiger partial charge in [-0.25, -0.2) is 0 Å². The maximum Gasteiger partial charge on any atom is 0.121 e. The molecule has 1 aromatic carbocycles. The smallest absolute Gasteiger partial charge is 0.121 e. The van der Waals surface area contributed by atoms with Gasteiger partial charge in [0.2, 0.25) is 0 Å². The van der Waals surface area contributed by atoms with Gasteiger partial charge in [-0.3, -0.25) is 0 Å². The summed E-state index contributed by atoms with van der Waals surface area (Å²) in [6, 6.07) is 7.51. The zero-order chi connectivity index (χ0) is 8.97. The second-order valence-electron chi connectivity index (χ2n) is 2.91. The van der Waals surface area contributed by atoms with Crippen LogP contribution in [0, 0.1) is 0 Å². The van der Waals surface area contributed by atoms with Gasteiger partial charge in [0, 0.05) is 11.8 Å². The van der Waals surface area contributed by atoms with Crippen LogP contribution in [0.3, 0.4) is 0 Å². The summed E-state index contributed by atoms with van der Waals surface area (Å²) in [6.07, 6.45) is 1.27. The Labute approximate surface area is 73.3 Å². The molecule has 0 spiro atoms. The summed E-state index contributed by atoms with van der Waals surface area (Å²) in [4.78, 5) is 0. The molecular formula is C10H15NO. The Morgan fingerprint density at radius 3 is 2.83 bits per heavy atom. The largest absolute Gasteiger partial charge is 0.491 e. The van der Waals surface area contributed by atoms with Gasteiger partial charge in [-0.2, -0.15) is 0 Å². The van der Waals surface area contributed by atoms with Crippen molar-refractivity contribution >= 4 is 5.69 Å². The van der Waals surface area contributed by atoms with Crippen LogP contribution in [0.4, 0.5) is 5.69 Å². The van der Waals surface area contributed by atoms with Gasteiger partial charge in [0.25, 0.3) is 0 Å². The molecule has 1 unspecified atom stereocenters. The topological polar surface area (TPSA) is 35.2 Å². The predicted octanol–water partition coefficient (Wildman–Crippen LogP) is 2.45. The highest BCUT2D eigenvalue weighted by molar-refractivity contribution is 5.43. The standard InChI is InChI=1S/C10H15NO/c1-3-8(2)12-10-6-4-5-9(11)7-10/h4-8H,3,11H2,1-2H3. The second-order valence-corrected chi connectivity index (χ2v) is 2.91. The minimum absolute atomic E-state index is 0.256. The van der Waals surface area contributed by atoms with Gasteiger partial charge in [-0.15, -0.1) is 0 Å². The molecule has 0 radical (unpaired) electrons. The van der Waals surface area contributed by atoms with Crippen molar-refractivity contribution in [1.82, 2.24) is 0 Å². The lowest BCUT2D eigenvalue weighted by Gasteiger charge is -2.12. The van der Waals surface area contributed by atoms with E-state index in [2.05, 4.69) is 6.92 Å². The SMILES string of the molecule is CCC(C)Oc1cccc(N)c1. The first kappa shape index (κ1) is 8.91. The van der Waals surface area contributed by atoms with Crippen LogP contribution in [-0.4, -0.2) is 6.10 Å². The summed E-state index contributed by atoms with van der Waals surface area (Å²) < 4.78 is 5.56. The number of nitrogen functional groups attached to an aromatic ring is 1. The molecule has 2 N–H and O–H groups in total. The average Bonchev–Trinajstić information content (AvgIpc) is 2.04. The minimum atomic E-state index is 0.256. The Hall–Kier alpha value is -1.18. The lowest BCUT2D eigenvalue weighted by molar-refractivity contribution is 0.217. The van der Waals surface area contributed by atoms with Crippen molar-refractivity contribution in [3.05, 3.63) is 24.3 Å². The fourth-order valence-electron chi connectivity index (χ4n) is 0.903. The fraction of sp³-hybridized carbons (Fsp3) is 0.400. The van der Waals surface area contributed by atoms with E-state index in [0.717, 1.165) is 17.9 Å². The van der Waals surface area contributed by atoms with Gasteiger partial charge in [-0.1, -0.05) is 13.0 Å². The number of ether oxygens (including phenoxy) is 1. The highest BCUT2D eigenvalue weighted by Gasteiger charge is 1.99. The molecule has 12 heavy (non-hydrogen) atoms. The molecule has 0 aliphatic rings. The molecule has 0 aliphatic heterocycles. The van der Waals surface area contributed by atoms with Crippen LogP contribution in [0.1, 0.15) is 20.3 Å². The van der Waals surface area contributed by atoms with E-state index in [0.29, 0.717) is 0 Å². The molecular weight excluding hydrogens is 150 g/mol. The average molecular weight is 165 g/mol. The van der Waals surface area contributed by atoms with Crippen LogP contribution in [-0.2, 0) is 0 Å². The molecule has 0 aromatic heterocycles. The Balaban J connectivity index is 2.63. The second kappa shape index (κ2) is 4.00. The summed E-state index contributed by atoms with van der Waals surface area (Å²) >= 11 is 0. The number of benzene rings is 1. The zero-order valence-corrected chi connectivity index (χ0v) is 7.58. The summed E-state index contributed by atoms with van der Waals surface area (Å²) in [5.41, 5.74) is 6.34. The minimum Gasteiger partial charge on any atom is -0.491 e. The molecule has 1 atom stereocenters. The lowest BCUT2D eigenvalue weighted by Crippen LogP contribution is -2.09. The fourth-order valence-corrected chi connectivity index (χ4v) is 0.903. The van der Waals surface area contributed by atoms with E-state index in [1.54, 1.807) is 0 Å². The highest BCUT2D eigenvalue weighted by atomic mass is 16.5. The number of hydrogen-bond donors (Lipinski definition) is 1. The van der Waals surface area contributed by atoms with Crippen molar-refractivity contribution < 1.29 is 4.74 Å². The van der Waals surface area contributed by atoms with Crippen LogP contribution in [0.2, 0.25) is 0 Å². The molecule has 0 saturated heterocycles. The van der Waals surface area contributed by atoms with Crippen molar-refractivity contribution in [1.29, 1.82) is 0 Å². The maximum absolute atomic E-state index is 5.60. The number of hydrogen-bond acceptors (Lipinski definition) is 2. The van der Waals surface area contributed by atoms with E-state index in [-0.39, 0.29) is 6.10 Å². The van der Waals surface area contributed by atoms with Crippen LogP contribution < -0.4 is 10.5 Å². The van der Waals surface area contributed by atoms with Crippen molar-refractivity contribution in [2.45, 2.75) is 26.4 Å². The summed E-state index contributed by atoms with van der Waals surface area (Å²) in [5.74, 6) is 0.851. The monoisotopic (exact) mass is 165 g/mol. The van der Waals surface area contributed by atoms with Gasteiger partial charge in [0.15, 0.2) is 0 Å². The predicted molar refractivity (Wildman–Crippen MR) is 51.2 cm³/mol. The first-order valence-electron chi connectivity index (χ1n) is 4.24. The normalized spacial score (nSPS) is 12.5. The van der Waals surface area contributed by atoms with E-state index in [1.165, 1.54) is 0 Å². The first-order valence-corrected chi connectivity index (χ1v) is 4.24. The number of anilines is 1. The molecule has 0 heterocycles. The van der Waals surface area contributed by atoms with Crippen molar-refractivity contribution in [2.24, 2.45) is 0 Å². The van der Waals surface area contributed by atoms with Crippen LogP contribution in [0.25, 0.3) is 0 Å². The van der Waals surface area contributed by atoms with Crippen LogP contribution in [0.5, 0.6) is 5.75 Å². The molecule has 2 nitrogen and oxygen atoms in total. The Kier molecular flexibility index (Phi) is 2.97. The summed E-state index contributed by atoms with van der Waals surface area (Å²) in [6.45, 7) is 4.14. The molecule has 2 heteroatoms. The van der Waals surface area contributed by atoms with Gasteiger partial charge in [-0.05, 0) is 25.5 Å². The van der Waals surface area contributed by atoms with Gasteiger partial charge in [0.1, 0.15) is 5.75 Å². The molecule has 66 valence electrons. The van der Waals surface area contributed by atoms with Crippen LogP contribution in [0.15, 0.2) is 24.3 Å². The molecule has 1 rings (SSSR count). The first-order chi connectivity index (χ1) is 5.72. The van der Waals surface area contributed by atoms with Crippen molar-refractivity contribution in [3.63, 3.8) is 0 Å². The molecule has 0 aliphatic carbocycles. The van der Waals surface area contributed by atoms with E-state index in [4.69, 9.17) is 10.5 Å². The summed E-state index contributed by atoms with van der Waals surface area (Å²) in [5, 5.41) is 0. The lowest BCUT2D eigenvalue weighted by atomic mass is 10.3. The van der Waals surface area contributed by atoms with E-state index >= 15 is 0 Å². The van der Waals surface area contributed by atoms with Gasteiger partial charge < -0.3 is 10.5 Å². The third-order valence-corrected chi connectivity index (χ3v) is 1.77. The molecule has 0 saturated carbocycles. The molecule has 1 aromatic rings. The van der Waals surface area contributed by atoms with Crippen molar-refractivity contribution in [2.75, 3.05) is 5.73 Å². The van der Waals surface area contributed by atoms with E-state index in [9.17, 15) is 0 Å². The zero-order valence-electron chi connectivity index (χ0n) is 7.58. The Bertz CT molecular complexity index is 247. The van der Waals surface area contributed by atoms with Crippen LogP contribution >= 0.6 is 0 Å². The maximum atomic E-state index is 5.60. The van der Waals surface area contributed by atoms with E-state index < -0.39 is 0 Å². The summed E-state index contributed by atoms with van der Waals surface area (Å²) in [7, 11) is 0. The third kappa shape index (κ3) is 2.46. The Morgan fingerprint density at radius 1 is 1.50 bits per heavy atom. The van der Waals surface area contributed by atoms with Gasteiger partial charge in [0.05, 0.1) is 6.10 Å². The van der Waals surface area contributed by atoms with E-state index in [1.807, 2.05) is 31.2 Å². The number of rotatable bonds is 3. The molecule has 0 amide bonds. The Morgan fingerprint density at radius 2 is 2.25 bits per heavy atom. The third-order valence-electron chi connectivity index (χ3n) is 1.77. The number of nitrogens with two attached hydrogens (primary N) is 1. The molecule has 0 bridgehead atoms. The van der Waals surface area contributed by atoms with Gasteiger partial charge >= 0.3 is 0 Å². The highest BCUT2D eigenvalue weighted by Crippen LogP contribution is 2.16. The van der Waals surface area contributed by atoms with Crippen molar-refractivity contribution in [3.8, 4) is 5.75 Å².